The van der Waals surface area contributed by atoms with Gasteiger partial charge in [-0.05, 0) is 43.9 Å². The van der Waals surface area contributed by atoms with E-state index >= 15 is 0 Å². The molecule has 1 fully saturated rings. The molecule has 0 radical (unpaired) electrons. The summed E-state index contributed by atoms with van der Waals surface area (Å²) < 4.78 is 2.13. The normalized spacial score (nSPS) is 16.7. The second kappa shape index (κ2) is 9.88. The van der Waals surface area contributed by atoms with Crippen LogP contribution in [-0.2, 0) is 6.54 Å². The van der Waals surface area contributed by atoms with E-state index in [1.54, 1.807) is 6.08 Å². The van der Waals surface area contributed by atoms with Crippen LogP contribution in [0.1, 0.15) is 41.6 Å². The zero-order valence-electron chi connectivity index (χ0n) is 17.5. The second-order valence-corrected chi connectivity index (χ2v) is 8.34. The number of allylic oxidation sites excluding steroid dienone is 1. The number of rotatable bonds is 7. The van der Waals surface area contributed by atoms with Gasteiger partial charge in [0, 0.05) is 28.2 Å². The Morgan fingerprint density at radius 2 is 1.70 bits per heavy atom. The molecule has 2 heterocycles. The van der Waals surface area contributed by atoms with Gasteiger partial charge in [0.2, 0.25) is 0 Å². The quantitative estimate of drug-likeness (QED) is 0.469. The van der Waals surface area contributed by atoms with Gasteiger partial charge in [-0.1, -0.05) is 48.5 Å². The number of nitrogens with one attached hydrogen (secondary N) is 1. The van der Waals surface area contributed by atoms with Gasteiger partial charge in [0.25, 0.3) is 0 Å². The van der Waals surface area contributed by atoms with E-state index in [1.807, 2.05) is 48.5 Å². The number of nitrogens with zero attached hydrogens (tertiary/aromatic N) is 1. The van der Waals surface area contributed by atoms with E-state index in [0.717, 1.165) is 23.0 Å². The van der Waals surface area contributed by atoms with Crippen LogP contribution in [-0.4, -0.2) is 41.2 Å². The van der Waals surface area contributed by atoms with Crippen molar-refractivity contribution in [3.63, 3.8) is 0 Å². The zero-order valence-corrected chi connectivity index (χ0v) is 17.5. The lowest BCUT2D eigenvalue weighted by Crippen LogP contribution is -3.13. The molecule has 2 aromatic carbocycles. The number of hydrogen-bond acceptors (Lipinski definition) is 2. The fourth-order valence-electron chi connectivity index (χ4n) is 4.48. The van der Waals surface area contributed by atoms with E-state index in [2.05, 4.69) is 22.9 Å². The molecule has 4 heteroatoms. The van der Waals surface area contributed by atoms with Crippen molar-refractivity contribution in [2.45, 2.75) is 38.3 Å². The fourth-order valence-corrected chi connectivity index (χ4v) is 4.48. The van der Waals surface area contributed by atoms with Gasteiger partial charge in [0.15, 0.2) is 5.78 Å². The Morgan fingerprint density at radius 3 is 2.47 bits per heavy atom. The predicted molar refractivity (Wildman–Crippen MR) is 122 cm³/mol. The summed E-state index contributed by atoms with van der Waals surface area (Å²) in [6.07, 6.45) is 10.4. The Kier molecular flexibility index (Phi) is 6.77. The third kappa shape index (κ3) is 5.07. The molecule has 0 bridgehead atoms. The van der Waals surface area contributed by atoms with Crippen molar-refractivity contribution in [3.8, 4) is 0 Å². The van der Waals surface area contributed by atoms with Gasteiger partial charge in [0.05, 0.1) is 19.6 Å². The first-order valence-corrected chi connectivity index (χ1v) is 11.1. The number of likely N-dealkylation sites (tertiary alicyclic amines) is 1. The number of aliphatic hydroxyl groups excluding tert-OH is 1. The summed E-state index contributed by atoms with van der Waals surface area (Å²) in [4.78, 5) is 14.0. The monoisotopic (exact) mass is 403 g/mol. The van der Waals surface area contributed by atoms with E-state index in [9.17, 15) is 9.90 Å². The molecule has 0 saturated carbocycles. The lowest BCUT2D eigenvalue weighted by molar-refractivity contribution is -0.902. The average molecular weight is 404 g/mol. The summed E-state index contributed by atoms with van der Waals surface area (Å²) in [5.74, 6) is -0.00257. The van der Waals surface area contributed by atoms with Crippen molar-refractivity contribution in [1.29, 1.82) is 0 Å². The van der Waals surface area contributed by atoms with Crippen molar-refractivity contribution >= 4 is 22.8 Å². The topological polar surface area (TPSA) is 46.7 Å². The molecule has 1 aliphatic rings. The molecule has 3 aromatic rings. The minimum Gasteiger partial charge on any atom is -0.385 e. The summed E-state index contributed by atoms with van der Waals surface area (Å²) >= 11 is 0. The maximum atomic E-state index is 12.5. The Bertz CT molecular complexity index is 998. The predicted octanol–water partition coefficient (Wildman–Crippen LogP) is 3.36. The molecule has 1 aliphatic heterocycles. The van der Waals surface area contributed by atoms with Crippen molar-refractivity contribution in [2.75, 3.05) is 19.6 Å². The molecule has 2 N–H and O–H groups in total. The molecule has 156 valence electrons. The van der Waals surface area contributed by atoms with Crippen LogP contribution in [0.3, 0.4) is 0 Å². The number of carbonyl (C=O) groups is 1. The van der Waals surface area contributed by atoms with Gasteiger partial charge in [-0.2, -0.15) is 0 Å². The molecule has 0 unspecified atom stereocenters. The molecule has 4 nitrogen and oxygen atoms in total. The largest absolute Gasteiger partial charge is 0.385 e. The van der Waals surface area contributed by atoms with Crippen LogP contribution in [0.15, 0.2) is 66.9 Å². The van der Waals surface area contributed by atoms with Gasteiger partial charge in [-0.3, -0.25) is 4.79 Å². The molecule has 0 spiro atoms. The number of para-hydroxylation sites is 1. The highest BCUT2D eigenvalue weighted by Gasteiger charge is 2.18. The molecule has 1 saturated heterocycles. The van der Waals surface area contributed by atoms with Crippen LogP contribution in [0.2, 0.25) is 0 Å². The summed E-state index contributed by atoms with van der Waals surface area (Å²) in [6, 6.07) is 17.5. The highest BCUT2D eigenvalue weighted by molar-refractivity contribution is 6.07. The summed E-state index contributed by atoms with van der Waals surface area (Å²) in [6.45, 7) is 3.70. The summed E-state index contributed by atoms with van der Waals surface area (Å²) in [5.41, 5.74) is 2.78. The number of carbonyl (C=O) groups excluding carboxylic acids is 1. The van der Waals surface area contributed by atoms with Crippen LogP contribution in [0.4, 0.5) is 0 Å². The molecule has 1 aromatic heterocycles. The van der Waals surface area contributed by atoms with Gasteiger partial charge in [0.1, 0.15) is 12.6 Å². The minimum absolute atomic E-state index is 0.00257. The average Bonchev–Trinajstić information content (AvgIpc) is 2.92. The SMILES string of the molecule is O=C(/C=C/c1cn(C[C@H](O)C[NH+]2CCCCCC2)c2ccccc12)c1ccccc1. The van der Waals surface area contributed by atoms with Crippen LogP contribution >= 0.6 is 0 Å². The number of aromatic nitrogens is 1. The molecule has 1 atom stereocenters. The molecule has 30 heavy (non-hydrogen) atoms. The third-order valence-corrected chi connectivity index (χ3v) is 6.03. The number of hydrogen-bond donors (Lipinski definition) is 2. The van der Waals surface area contributed by atoms with Gasteiger partial charge < -0.3 is 14.6 Å². The molecule has 0 amide bonds. The van der Waals surface area contributed by atoms with Crippen LogP contribution < -0.4 is 4.90 Å². The van der Waals surface area contributed by atoms with Crippen molar-refractivity contribution < 1.29 is 14.8 Å². The molecular weight excluding hydrogens is 372 g/mol. The number of ketones is 1. The second-order valence-electron chi connectivity index (χ2n) is 8.34. The van der Waals surface area contributed by atoms with Crippen LogP contribution in [0, 0.1) is 0 Å². The Labute approximate surface area is 178 Å². The third-order valence-electron chi connectivity index (χ3n) is 6.03. The van der Waals surface area contributed by atoms with Crippen molar-refractivity contribution in [3.05, 3.63) is 78.0 Å². The molecular formula is C26H31N2O2+. The minimum atomic E-state index is -0.378. The van der Waals surface area contributed by atoms with Crippen LogP contribution in [0.5, 0.6) is 0 Å². The van der Waals surface area contributed by atoms with Crippen LogP contribution in [0.25, 0.3) is 17.0 Å². The smallest absolute Gasteiger partial charge is 0.185 e. The Hall–Kier alpha value is -2.69. The van der Waals surface area contributed by atoms with Crippen molar-refractivity contribution in [2.24, 2.45) is 0 Å². The van der Waals surface area contributed by atoms with E-state index < -0.39 is 0 Å². The maximum Gasteiger partial charge on any atom is 0.185 e. The highest BCUT2D eigenvalue weighted by Crippen LogP contribution is 2.23. The number of fused-ring (bicyclic) bond motifs is 1. The van der Waals surface area contributed by atoms with Crippen molar-refractivity contribution in [1.82, 2.24) is 4.57 Å². The number of benzene rings is 2. The highest BCUT2D eigenvalue weighted by atomic mass is 16.3. The van der Waals surface area contributed by atoms with E-state index in [0.29, 0.717) is 12.1 Å². The standard InChI is InChI=1S/C26H30N2O2/c29-23(19-27-16-8-1-2-9-17-27)20-28-18-22(24-12-6-7-13-25(24)28)14-15-26(30)21-10-4-3-5-11-21/h3-7,10-15,18,23,29H,1-2,8-9,16-17,19-20H2/p+1/b15-14+/t23-/m1/s1. The fraction of sp³-hybridized carbons (Fsp3) is 0.346. The van der Waals surface area contributed by atoms with E-state index in [4.69, 9.17) is 0 Å². The molecule has 0 aliphatic carbocycles. The van der Waals surface area contributed by atoms with E-state index in [-0.39, 0.29) is 11.9 Å². The summed E-state index contributed by atoms with van der Waals surface area (Å²) in [5, 5.41) is 11.9. The zero-order chi connectivity index (χ0) is 20.8. The van der Waals surface area contributed by atoms with E-state index in [1.165, 1.54) is 43.7 Å². The molecule has 4 rings (SSSR count). The Balaban J connectivity index is 1.50. The lowest BCUT2D eigenvalue weighted by atomic mass is 10.1. The van der Waals surface area contributed by atoms with Gasteiger partial charge >= 0.3 is 0 Å². The van der Waals surface area contributed by atoms with Gasteiger partial charge in [-0.15, -0.1) is 0 Å². The summed E-state index contributed by atoms with van der Waals surface area (Å²) in [7, 11) is 0. The number of quaternary nitrogens is 1. The van der Waals surface area contributed by atoms with Gasteiger partial charge in [-0.25, -0.2) is 0 Å². The Morgan fingerprint density at radius 1 is 1.00 bits per heavy atom. The first-order valence-electron chi connectivity index (χ1n) is 11.1. The first-order chi connectivity index (χ1) is 14.7. The lowest BCUT2D eigenvalue weighted by Gasteiger charge is -2.21. The number of aliphatic hydroxyl groups is 1. The first kappa shape index (κ1) is 20.6. The maximum absolute atomic E-state index is 12.5.